The Morgan fingerprint density at radius 2 is 1.56 bits per heavy atom. The molecule has 2 aromatic carbocycles. The van der Waals surface area contributed by atoms with Crippen molar-refractivity contribution in [2.75, 3.05) is 39.6 Å². The van der Waals surface area contributed by atoms with E-state index >= 15 is 0 Å². The van der Waals surface area contributed by atoms with E-state index in [0.29, 0.717) is 51.1 Å². The normalized spacial score (nSPS) is 16.1. The lowest BCUT2D eigenvalue weighted by Crippen LogP contribution is -2.15. The number of H-pyrrole nitrogens is 1. The zero-order valence-electron chi connectivity index (χ0n) is 15.0. The lowest BCUT2D eigenvalue weighted by atomic mass is 10.2. The van der Waals surface area contributed by atoms with Gasteiger partial charge < -0.3 is 23.9 Å². The maximum Gasteiger partial charge on any atom is 0.163 e. The SMILES string of the molecule is C(=Nc1ccc2c(c1)OCCOCCOCCO2)c1c[nH]c2ccccc12. The summed E-state index contributed by atoms with van der Waals surface area (Å²) in [5.74, 6) is 1.35. The van der Waals surface area contributed by atoms with Gasteiger partial charge in [0.05, 0.1) is 32.1 Å². The minimum atomic E-state index is 0.450. The van der Waals surface area contributed by atoms with Crippen molar-refractivity contribution in [1.82, 2.24) is 4.98 Å². The van der Waals surface area contributed by atoms with E-state index in [1.165, 1.54) is 0 Å². The minimum Gasteiger partial charge on any atom is -0.487 e. The van der Waals surface area contributed by atoms with Gasteiger partial charge in [-0.05, 0) is 18.2 Å². The molecular weight excluding hydrogens is 344 g/mol. The quantitative estimate of drug-likeness (QED) is 0.702. The van der Waals surface area contributed by atoms with Crippen LogP contribution in [0.15, 0.2) is 53.7 Å². The third-order valence-electron chi connectivity index (χ3n) is 4.24. The van der Waals surface area contributed by atoms with Crippen molar-refractivity contribution in [3.63, 3.8) is 0 Å². The second kappa shape index (κ2) is 8.70. The third kappa shape index (κ3) is 4.48. The van der Waals surface area contributed by atoms with Gasteiger partial charge in [-0.15, -0.1) is 0 Å². The first-order valence-corrected chi connectivity index (χ1v) is 9.05. The average molecular weight is 366 g/mol. The van der Waals surface area contributed by atoms with Gasteiger partial charge in [-0.3, -0.25) is 4.99 Å². The van der Waals surface area contributed by atoms with Crippen molar-refractivity contribution in [1.29, 1.82) is 0 Å². The molecule has 0 aliphatic carbocycles. The summed E-state index contributed by atoms with van der Waals surface area (Å²) in [5, 5.41) is 1.14. The smallest absolute Gasteiger partial charge is 0.163 e. The standard InChI is InChI=1S/C21H22N2O4/c1-2-4-19-18(3-1)16(15-23-19)14-22-17-5-6-20-21(13-17)27-12-10-25-8-7-24-9-11-26-20/h1-6,13-15,23H,7-12H2. The highest BCUT2D eigenvalue weighted by Crippen LogP contribution is 2.32. The zero-order valence-corrected chi connectivity index (χ0v) is 15.0. The van der Waals surface area contributed by atoms with E-state index in [2.05, 4.69) is 16.0 Å². The maximum atomic E-state index is 5.84. The monoisotopic (exact) mass is 366 g/mol. The van der Waals surface area contributed by atoms with Crippen LogP contribution in [0, 0.1) is 0 Å². The van der Waals surface area contributed by atoms with Gasteiger partial charge >= 0.3 is 0 Å². The molecular formula is C21H22N2O4. The number of fused-ring (bicyclic) bond motifs is 2. The van der Waals surface area contributed by atoms with Gasteiger partial charge in [0.25, 0.3) is 0 Å². The molecule has 140 valence electrons. The molecule has 1 aliphatic rings. The molecule has 0 saturated heterocycles. The molecule has 0 atom stereocenters. The Bertz CT molecular complexity index is 919. The lowest BCUT2D eigenvalue weighted by Gasteiger charge is -2.15. The summed E-state index contributed by atoms with van der Waals surface area (Å²) in [6.07, 6.45) is 3.81. The van der Waals surface area contributed by atoms with E-state index in [4.69, 9.17) is 18.9 Å². The second-order valence-electron chi connectivity index (χ2n) is 6.10. The Labute approximate surface area is 157 Å². The zero-order chi connectivity index (χ0) is 18.3. The Morgan fingerprint density at radius 1 is 0.815 bits per heavy atom. The molecule has 0 spiro atoms. The highest BCUT2D eigenvalue weighted by atomic mass is 16.6. The molecule has 3 aromatic rings. The first kappa shape index (κ1) is 17.6. The number of hydrogen-bond acceptors (Lipinski definition) is 5. The first-order valence-electron chi connectivity index (χ1n) is 9.05. The topological polar surface area (TPSA) is 65.1 Å². The van der Waals surface area contributed by atoms with Crippen molar-refractivity contribution in [3.8, 4) is 11.5 Å². The van der Waals surface area contributed by atoms with Crippen LogP contribution in [0.5, 0.6) is 11.5 Å². The average Bonchev–Trinajstić information content (AvgIpc) is 3.10. The number of ether oxygens (including phenoxy) is 4. The van der Waals surface area contributed by atoms with Crippen molar-refractivity contribution in [3.05, 3.63) is 54.2 Å². The van der Waals surface area contributed by atoms with E-state index in [1.54, 1.807) is 0 Å². The van der Waals surface area contributed by atoms with Gasteiger partial charge in [0.2, 0.25) is 0 Å². The lowest BCUT2D eigenvalue weighted by molar-refractivity contribution is 0.0223. The molecule has 0 radical (unpaired) electrons. The molecule has 0 fully saturated rings. The molecule has 4 rings (SSSR count). The van der Waals surface area contributed by atoms with Crippen LogP contribution in [-0.4, -0.2) is 50.8 Å². The van der Waals surface area contributed by atoms with Crippen LogP contribution >= 0.6 is 0 Å². The molecule has 0 amide bonds. The number of para-hydroxylation sites is 1. The number of benzene rings is 2. The van der Waals surface area contributed by atoms with E-state index in [0.717, 1.165) is 22.2 Å². The van der Waals surface area contributed by atoms with E-state index in [-0.39, 0.29) is 0 Å². The molecule has 0 saturated carbocycles. The third-order valence-corrected chi connectivity index (χ3v) is 4.24. The molecule has 1 N–H and O–H groups in total. The van der Waals surface area contributed by atoms with Gasteiger partial charge in [0.15, 0.2) is 11.5 Å². The summed E-state index contributed by atoms with van der Waals surface area (Å²) in [4.78, 5) is 7.85. The number of nitrogens with zero attached hydrogens (tertiary/aromatic N) is 1. The Kier molecular flexibility index (Phi) is 5.67. The van der Waals surface area contributed by atoms with Crippen LogP contribution in [0.2, 0.25) is 0 Å². The predicted molar refractivity (Wildman–Crippen MR) is 105 cm³/mol. The summed E-state index contributed by atoms with van der Waals surface area (Å²) < 4.78 is 22.5. The number of aromatic nitrogens is 1. The van der Waals surface area contributed by atoms with Gasteiger partial charge in [-0.2, -0.15) is 0 Å². The summed E-state index contributed by atoms with van der Waals surface area (Å²) in [6.45, 7) is 3.07. The minimum absolute atomic E-state index is 0.450. The van der Waals surface area contributed by atoms with E-state index in [9.17, 15) is 0 Å². The largest absolute Gasteiger partial charge is 0.487 e. The van der Waals surface area contributed by atoms with Gasteiger partial charge in [0, 0.05) is 34.9 Å². The fraction of sp³-hybridized carbons (Fsp3) is 0.286. The molecule has 1 aliphatic heterocycles. The predicted octanol–water partition coefficient (Wildman–Crippen LogP) is 3.72. The van der Waals surface area contributed by atoms with Crippen molar-refractivity contribution >= 4 is 22.8 Å². The van der Waals surface area contributed by atoms with Gasteiger partial charge in [0.1, 0.15) is 13.2 Å². The van der Waals surface area contributed by atoms with Crippen LogP contribution in [0.4, 0.5) is 5.69 Å². The highest BCUT2D eigenvalue weighted by Gasteiger charge is 2.08. The number of nitrogens with one attached hydrogen (secondary N) is 1. The van der Waals surface area contributed by atoms with Gasteiger partial charge in [-0.25, -0.2) is 0 Å². The first-order chi connectivity index (χ1) is 13.4. The van der Waals surface area contributed by atoms with Crippen molar-refractivity contribution in [2.24, 2.45) is 4.99 Å². The van der Waals surface area contributed by atoms with Crippen LogP contribution < -0.4 is 9.47 Å². The fourth-order valence-electron chi connectivity index (χ4n) is 2.90. The number of aromatic amines is 1. The van der Waals surface area contributed by atoms with Crippen LogP contribution in [0.3, 0.4) is 0 Å². The molecule has 6 heteroatoms. The van der Waals surface area contributed by atoms with Crippen LogP contribution in [0.25, 0.3) is 10.9 Å². The van der Waals surface area contributed by atoms with Crippen LogP contribution in [0.1, 0.15) is 5.56 Å². The van der Waals surface area contributed by atoms with Crippen molar-refractivity contribution < 1.29 is 18.9 Å². The molecule has 1 aromatic heterocycles. The highest BCUT2D eigenvalue weighted by molar-refractivity contribution is 5.99. The molecule has 0 bridgehead atoms. The second-order valence-corrected chi connectivity index (χ2v) is 6.10. The number of rotatable bonds is 2. The number of hydrogen-bond donors (Lipinski definition) is 1. The Hall–Kier alpha value is -2.83. The summed E-state index contributed by atoms with van der Waals surface area (Å²) in [6, 6.07) is 13.8. The molecule has 0 unspecified atom stereocenters. The Balaban J connectivity index is 1.54. The maximum absolute atomic E-state index is 5.84. The summed E-state index contributed by atoms with van der Waals surface area (Å²) in [5.41, 5.74) is 2.93. The van der Waals surface area contributed by atoms with Crippen LogP contribution in [-0.2, 0) is 9.47 Å². The summed E-state index contributed by atoms with van der Waals surface area (Å²) >= 11 is 0. The molecule has 2 heterocycles. The van der Waals surface area contributed by atoms with Gasteiger partial charge in [-0.1, -0.05) is 18.2 Å². The Morgan fingerprint density at radius 3 is 2.41 bits per heavy atom. The van der Waals surface area contributed by atoms with E-state index in [1.807, 2.05) is 48.8 Å². The number of aliphatic imine (C=N–C) groups is 1. The summed E-state index contributed by atoms with van der Waals surface area (Å²) in [7, 11) is 0. The fourth-order valence-corrected chi connectivity index (χ4v) is 2.90. The molecule has 27 heavy (non-hydrogen) atoms. The van der Waals surface area contributed by atoms with E-state index < -0.39 is 0 Å². The molecule has 6 nitrogen and oxygen atoms in total. The van der Waals surface area contributed by atoms with Crippen molar-refractivity contribution in [2.45, 2.75) is 0 Å².